The van der Waals surface area contributed by atoms with Gasteiger partial charge in [-0.15, -0.1) is 0 Å². The molecule has 0 spiro atoms. The topological polar surface area (TPSA) is 53.8 Å². The molecule has 0 N–H and O–H groups in total. The number of carbonyl (C=O) groups is 2. The number of piperidine rings is 1. The lowest BCUT2D eigenvalue weighted by Crippen LogP contribution is -2.43. The Morgan fingerprint density at radius 3 is 2.39 bits per heavy atom. The molecule has 2 aliphatic heterocycles. The fourth-order valence-corrected chi connectivity index (χ4v) is 3.34. The van der Waals surface area contributed by atoms with E-state index in [0.29, 0.717) is 18.8 Å². The van der Waals surface area contributed by atoms with Gasteiger partial charge in [0.1, 0.15) is 11.5 Å². The number of hydrogen-bond acceptors (Lipinski definition) is 3. The first-order valence-electron chi connectivity index (χ1n) is 8.46. The molecule has 0 saturated carbocycles. The van der Waals surface area contributed by atoms with Gasteiger partial charge in [0, 0.05) is 38.2 Å². The summed E-state index contributed by atoms with van der Waals surface area (Å²) in [6, 6.07) is 3.72. The summed E-state index contributed by atoms with van der Waals surface area (Å²) in [5, 5.41) is 0. The van der Waals surface area contributed by atoms with E-state index in [1.54, 1.807) is 12.2 Å². The largest absolute Gasteiger partial charge is 0.462 e. The Hall–Kier alpha value is -2.04. The normalized spacial score (nSPS) is 19.7. The second-order valence-corrected chi connectivity index (χ2v) is 6.41. The van der Waals surface area contributed by atoms with Crippen LogP contribution in [0.15, 0.2) is 22.6 Å². The molecule has 2 amide bonds. The van der Waals surface area contributed by atoms with Crippen molar-refractivity contribution in [3.8, 4) is 0 Å². The van der Waals surface area contributed by atoms with Crippen LogP contribution in [-0.4, -0.2) is 47.8 Å². The molecule has 0 aliphatic carbocycles. The zero-order chi connectivity index (χ0) is 16.2. The maximum absolute atomic E-state index is 12.4. The van der Waals surface area contributed by atoms with Gasteiger partial charge in [0.05, 0.1) is 0 Å². The van der Waals surface area contributed by atoms with Crippen LogP contribution in [0.5, 0.6) is 0 Å². The highest BCUT2D eigenvalue weighted by Gasteiger charge is 2.30. The Morgan fingerprint density at radius 1 is 1.09 bits per heavy atom. The van der Waals surface area contributed by atoms with Crippen molar-refractivity contribution in [2.75, 3.05) is 26.2 Å². The van der Waals surface area contributed by atoms with Crippen LogP contribution in [0.4, 0.5) is 0 Å². The molecule has 1 aromatic heterocycles. The number of rotatable bonds is 3. The van der Waals surface area contributed by atoms with Gasteiger partial charge in [0.15, 0.2) is 0 Å². The fraction of sp³-hybridized carbons (Fsp3) is 0.556. The molecule has 0 aromatic carbocycles. The maximum atomic E-state index is 12.4. The van der Waals surface area contributed by atoms with Crippen LogP contribution < -0.4 is 0 Å². The van der Waals surface area contributed by atoms with Crippen molar-refractivity contribution in [3.63, 3.8) is 0 Å². The number of likely N-dealkylation sites (tertiary alicyclic amines) is 2. The van der Waals surface area contributed by atoms with Crippen LogP contribution in [0.1, 0.15) is 37.2 Å². The van der Waals surface area contributed by atoms with E-state index in [9.17, 15) is 9.59 Å². The first-order chi connectivity index (χ1) is 11.1. The average Bonchev–Trinajstić information content (AvgIpc) is 3.24. The number of hydrogen-bond donors (Lipinski definition) is 0. The van der Waals surface area contributed by atoms with Crippen LogP contribution in [-0.2, 0) is 9.59 Å². The highest BCUT2D eigenvalue weighted by atomic mass is 16.3. The number of furan rings is 1. The predicted octanol–water partition coefficient (Wildman–Crippen LogP) is 2.46. The second-order valence-electron chi connectivity index (χ2n) is 6.41. The van der Waals surface area contributed by atoms with E-state index in [2.05, 4.69) is 0 Å². The van der Waals surface area contributed by atoms with Gasteiger partial charge in [-0.2, -0.15) is 0 Å². The second kappa shape index (κ2) is 7.02. The third kappa shape index (κ3) is 3.84. The van der Waals surface area contributed by atoms with Crippen LogP contribution in [0.3, 0.4) is 0 Å². The minimum atomic E-state index is -0.00822. The molecule has 0 radical (unpaired) electrons. The summed E-state index contributed by atoms with van der Waals surface area (Å²) in [5.74, 6) is 1.89. The SMILES string of the molecule is Cc1ccc(/C=C/C(=O)N2CCC(C(=O)N3CCCC3)CC2)o1. The molecule has 5 nitrogen and oxygen atoms in total. The first kappa shape index (κ1) is 15.8. The molecule has 2 saturated heterocycles. The first-order valence-corrected chi connectivity index (χ1v) is 8.46. The Bertz CT molecular complexity index is 591. The van der Waals surface area contributed by atoms with Gasteiger partial charge in [-0.1, -0.05) is 0 Å². The summed E-state index contributed by atoms with van der Waals surface area (Å²) in [4.78, 5) is 28.4. The molecule has 1 aromatic rings. The van der Waals surface area contributed by atoms with Gasteiger partial charge in [-0.05, 0) is 50.8 Å². The molecule has 5 heteroatoms. The molecule has 3 rings (SSSR count). The van der Waals surface area contributed by atoms with Gasteiger partial charge >= 0.3 is 0 Å². The molecule has 2 aliphatic rings. The molecule has 0 bridgehead atoms. The lowest BCUT2D eigenvalue weighted by Gasteiger charge is -2.32. The minimum absolute atomic E-state index is 0.00822. The molecule has 2 fully saturated rings. The summed E-state index contributed by atoms with van der Waals surface area (Å²) in [7, 11) is 0. The van der Waals surface area contributed by atoms with Crippen LogP contribution in [0.2, 0.25) is 0 Å². The van der Waals surface area contributed by atoms with Gasteiger partial charge in [0.2, 0.25) is 11.8 Å². The smallest absolute Gasteiger partial charge is 0.246 e. The molecule has 23 heavy (non-hydrogen) atoms. The number of aryl methyl sites for hydroxylation is 1. The van der Waals surface area contributed by atoms with Gasteiger partial charge in [-0.3, -0.25) is 9.59 Å². The van der Waals surface area contributed by atoms with E-state index in [-0.39, 0.29) is 17.7 Å². The van der Waals surface area contributed by atoms with E-state index in [1.165, 1.54) is 0 Å². The quantitative estimate of drug-likeness (QED) is 0.805. The number of nitrogens with zero attached hydrogens (tertiary/aromatic N) is 2. The zero-order valence-corrected chi connectivity index (χ0v) is 13.7. The van der Waals surface area contributed by atoms with Crippen molar-refractivity contribution in [1.82, 2.24) is 9.80 Å². The third-order valence-electron chi connectivity index (χ3n) is 4.72. The lowest BCUT2D eigenvalue weighted by atomic mass is 9.95. The standard InChI is InChI=1S/C18H24N2O3/c1-14-4-5-16(23-14)6-7-17(21)19-12-8-15(9-13-19)18(22)20-10-2-3-11-20/h4-7,15H,2-3,8-13H2,1H3/b7-6+. The van der Waals surface area contributed by atoms with E-state index >= 15 is 0 Å². The zero-order valence-electron chi connectivity index (χ0n) is 13.7. The minimum Gasteiger partial charge on any atom is -0.462 e. The number of carbonyl (C=O) groups excluding carboxylic acids is 2. The van der Waals surface area contributed by atoms with Gasteiger partial charge < -0.3 is 14.2 Å². The monoisotopic (exact) mass is 316 g/mol. The van der Waals surface area contributed by atoms with Crippen LogP contribution >= 0.6 is 0 Å². The van der Waals surface area contributed by atoms with Crippen molar-refractivity contribution < 1.29 is 14.0 Å². The molecule has 124 valence electrons. The van der Waals surface area contributed by atoms with E-state index < -0.39 is 0 Å². The maximum Gasteiger partial charge on any atom is 0.246 e. The Labute approximate surface area is 136 Å². The summed E-state index contributed by atoms with van der Waals surface area (Å²) in [5.41, 5.74) is 0. The molecule has 0 atom stereocenters. The van der Waals surface area contributed by atoms with Crippen molar-refractivity contribution >= 4 is 17.9 Å². The Morgan fingerprint density at radius 2 is 1.78 bits per heavy atom. The average molecular weight is 316 g/mol. The van der Waals surface area contributed by atoms with Crippen LogP contribution in [0.25, 0.3) is 6.08 Å². The molecule has 0 unspecified atom stereocenters. The van der Waals surface area contributed by atoms with Crippen molar-refractivity contribution in [1.29, 1.82) is 0 Å². The fourth-order valence-electron chi connectivity index (χ4n) is 3.34. The summed E-state index contributed by atoms with van der Waals surface area (Å²) in [6.45, 7) is 5.00. The molecule has 3 heterocycles. The van der Waals surface area contributed by atoms with Gasteiger partial charge in [0.25, 0.3) is 0 Å². The summed E-state index contributed by atoms with van der Waals surface area (Å²) >= 11 is 0. The van der Waals surface area contributed by atoms with Crippen molar-refractivity contribution in [3.05, 3.63) is 29.7 Å². The van der Waals surface area contributed by atoms with Gasteiger partial charge in [-0.25, -0.2) is 0 Å². The van der Waals surface area contributed by atoms with Crippen molar-refractivity contribution in [2.24, 2.45) is 5.92 Å². The highest BCUT2D eigenvalue weighted by Crippen LogP contribution is 2.22. The lowest BCUT2D eigenvalue weighted by molar-refractivity contribution is -0.138. The third-order valence-corrected chi connectivity index (χ3v) is 4.72. The molecular formula is C18H24N2O3. The number of amides is 2. The Kier molecular flexibility index (Phi) is 4.84. The van der Waals surface area contributed by atoms with Crippen LogP contribution in [0, 0.1) is 12.8 Å². The highest BCUT2D eigenvalue weighted by molar-refractivity contribution is 5.91. The van der Waals surface area contributed by atoms with E-state index in [0.717, 1.165) is 44.5 Å². The Balaban J connectivity index is 1.49. The summed E-state index contributed by atoms with van der Waals surface area (Å²) in [6.07, 6.45) is 7.06. The van der Waals surface area contributed by atoms with E-state index in [4.69, 9.17) is 4.42 Å². The van der Waals surface area contributed by atoms with E-state index in [1.807, 2.05) is 28.9 Å². The van der Waals surface area contributed by atoms with Crippen molar-refractivity contribution in [2.45, 2.75) is 32.6 Å². The predicted molar refractivity (Wildman–Crippen MR) is 87.6 cm³/mol. The molecular weight excluding hydrogens is 292 g/mol. The summed E-state index contributed by atoms with van der Waals surface area (Å²) < 4.78 is 5.42.